The third-order valence-corrected chi connectivity index (χ3v) is 5.54. The summed E-state index contributed by atoms with van der Waals surface area (Å²) >= 11 is 1.69. The molecule has 1 aliphatic rings. The number of hydrogen-bond acceptors (Lipinski definition) is 4. The number of nitrogens with zero attached hydrogens (tertiary/aromatic N) is 5. The molecule has 0 N–H and O–H groups in total. The molecule has 4 aromatic rings. The summed E-state index contributed by atoms with van der Waals surface area (Å²) in [5.74, 6) is 2.50. The van der Waals surface area contributed by atoms with Crippen LogP contribution >= 0.6 is 11.8 Å². The van der Waals surface area contributed by atoms with E-state index < -0.39 is 0 Å². The third kappa shape index (κ3) is 3.53. The van der Waals surface area contributed by atoms with Gasteiger partial charge in [0.25, 0.3) is 0 Å². The average Bonchev–Trinajstić information content (AvgIpc) is 3.25. The Morgan fingerprint density at radius 2 is 1.74 bits per heavy atom. The van der Waals surface area contributed by atoms with E-state index in [0.29, 0.717) is 5.92 Å². The highest BCUT2D eigenvalue weighted by Gasteiger charge is 2.30. The zero-order valence-corrected chi connectivity index (χ0v) is 15.6. The molecule has 134 valence electrons. The molecule has 1 fully saturated rings. The van der Waals surface area contributed by atoms with Gasteiger partial charge in [-0.1, -0.05) is 42.1 Å². The predicted octanol–water partition coefficient (Wildman–Crippen LogP) is 4.62. The number of benzene rings is 2. The lowest BCUT2D eigenvalue weighted by Crippen LogP contribution is -2.01. The molecule has 0 spiro atoms. The summed E-state index contributed by atoms with van der Waals surface area (Å²) in [6.07, 6.45) is 6.16. The molecule has 0 amide bonds. The van der Waals surface area contributed by atoms with E-state index >= 15 is 0 Å². The van der Waals surface area contributed by atoms with E-state index in [9.17, 15) is 0 Å². The normalized spacial score (nSPS) is 13.8. The van der Waals surface area contributed by atoms with Gasteiger partial charge in [-0.3, -0.25) is 0 Å². The molecule has 0 atom stereocenters. The van der Waals surface area contributed by atoms with Gasteiger partial charge in [-0.05, 0) is 48.7 Å². The molecule has 0 unspecified atom stereocenters. The Kier molecular flexibility index (Phi) is 4.26. The van der Waals surface area contributed by atoms with Crippen molar-refractivity contribution in [1.82, 2.24) is 24.5 Å². The Labute approximate surface area is 162 Å². The molecule has 0 bridgehead atoms. The minimum absolute atomic E-state index is 0.556. The Morgan fingerprint density at radius 1 is 0.926 bits per heavy atom. The fraction of sp³-hybridized carbons (Fsp3) is 0.190. The Morgan fingerprint density at radius 3 is 2.44 bits per heavy atom. The predicted molar refractivity (Wildman–Crippen MR) is 106 cm³/mol. The highest BCUT2D eigenvalue weighted by molar-refractivity contribution is 7.98. The van der Waals surface area contributed by atoms with E-state index in [0.717, 1.165) is 28.1 Å². The highest BCUT2D eigenvalue weighted by atomic mass is 32.2. The SMILES string of the molecule is c1ccc(-n2nc(SCc3ccc(-n4cccn4)cc3)nc2C2CC2)cc1. The van der Waals surface area contributed by atoms with Crippen molar-refractivity contribution < 1.29 is 0 Å². The topological polar surface area (TPSA) is 48.5 Å². The molecule has 5 nitrogen and oxygen atoms in total. The van der Waals surface area contributed by atoms with Gasteiger partial charge in [-0.15, -0.1) is 5.10 Å². The number of thioether (sulfide) groups is 1. The lowest BCUT2D eigenvalue weighted by molar-refractivity contribution is 0.782. The van der Waals surface area contributed by atoms with Gasteiger partial charge in [0.1, 0.15) is 5.82 Å². The summed E-state index contributed by atoms with van der Waals surface area (Å²) in [7, 11) is 0. The Hall–Kier alpha value is -2.86. The van der Waals surface area contributed by atoms with Crippen molar-refractivity contribution in [1.29, 1.82) is 0 Å². The van der Waals surface area contributed by atoms with Crippen LogP contribution in [0.15, 0.2) is 78.2 Å². The lowest BCUT2D eigenvalue weighted by atomic mass is 10.2. The molecule has 5 rings (SSSR count). The van der Waals surface area contributed by atoms with Crippen LogP contribution in [0.2, 0.25) is 0 Å². The van der Waals surface area contributed by atoms with Crippen LogP contribution in [0.1, 0.15) is 30.1 Å². The molecule has 2 heterocycles. The van der Waals surface area contributed by atoms with Crippen LogP contribution in [-0.4, -0.2) is 24.5 Å². The molecule has 1 saturated carbocycles. The average molecular weight is 373 g/mol. The van der Waals surface area contributed by atoms with Crippen molar-refractivity contribution in [3.05, 3.63) is 84.4 Å². The van der Waals surface area contributed by atoms with Crippen molar-refractivity contribution >= 4 is 11.8 Å². The largest absolute Gasteiger partial charge is 0.241 e. The second kappa shape index (κ2) is 7.04. The van der Waals surface area contributed by atoms with E-state index in [1.165, 1.54) is 18.4 Å². The van der Waals surface area contributed by atoms with Gasteiger partial charge >= 0.3 is 0 Å². The van der Waals surface area contributed by atoms with Crippen LogP contribution in [0.3, 0.4) is 0 Å². The summed E-state index contributed by atoms with van der Waals surface area (Å²) in [6.45, 7) is 0. The smallest absolute Gasteiger partial charge is 0.209 e. The zero-order chi connectivity index (χ0) is 18.1. The molecule has 0 radical (unpaired) electrons. The molecular weight excluding hydrogens is 354 g/mol. The number of rotatable bonds is 6. The van der Waals surface area contributed by atoms with E-state index in [2.05, 4.69) is 41.5 Å². The fourth-order valence-electron chi connectivity index (χ4n) is 3.04. The van der Waals surface area contributed by atoms with Crippen molar-refractivity contribution in [2.24, 2.45) is 0 Å². The van der Waals surface area contributed by atoms with Gasteiger partial charge in [0.2, 0.25) is 5.16 Å². The van der Waals surface area contributed by atoms with Gasteiger partial charge < -0.3 is 0 Å². The summed E-state index contributed by atoms with van der Waals surface area (Å²) < 4.78 is 3.88. The molecule has 0 saturated heterocycles. The maximum atomic E-state index is 4.82. The van der Waals surface area contributed by atoms with Crippen LogP contribution in [0, 0.1) is 0 Å². The molecule has 2 aromatic carbocycles. The number of hydrogen-bond donors (Lipinski definition) is 0. The van der Waals surface area contributed by atoms with Crippen LogP contribution in [-0.2, 0) is 5.75 Å². The van der Waals surface area contributed by atoms with Crippen molar-refractivity contribution in [3.63, 3.8) is 0 Å². The number of aromatic nitrogens is 5. The summed E-state index contributed by atoms with van der Waals surface area (Å²) in [6, 6.07) is 20.7. The fourth-order valence-corrected chi connectivity index (χ4v) is 3.83. The van der Waals surface area contributed by atoms with E-state index in [1.54, 1.807) is 18.0 Å². The minimum Gasteiger partial charge on any atom is -0.241 e. The maximum absolute atomic E-state index is 4.82. The Balaban J connectivity index is 1.33. The van der Waals surface area contributed by atoms with Crippen LogP contribution in [0.5, 0.6) is 0 Å². The lowest BCUT2D eigenvalue weighted by Gasteiger charge is -2.04. The van der Waals surface area contributed by atoms with E-state index in [-0.39, 0.29) is 0 Å². The highest BCUT2D eigenvalue weighted by Crippen LogP contribution is 2.40. The summed E-state index contributed by atoms with van der Waals surface area (Å²) in [4.78, 5) is 4.82. The maximum Gasteiger partial charge on any atom is 0.209 e. The molecule has 1 aliphatic carbocycles. The van der Waals surface area contributed by atoms with Crippen molar-refractivity contribution in [3.8, 4) is 11.4 Å². The van der Waals surface area contributed by atoms with Crippen molar-refractivity contribution in [2.75, 3.05) is 0 Å². The first-order valence-corrected chi connectivity index (χ1v) is 10.1. The minimum atomic E-state index is 0.556. The molecule has 0 aliphatic heterocycles. The number of para-hydroxylation sites is 1. The summed E-state index contributed by atoms with van der Waals surface area (Å²) in [5, 5.41) is 9.88. The van der Waals surface area contributed by atoms with Crippen molar-refractivity contribution in [2.45, 2.75) is 29.7 Å². The van der Waals surface area contributed by atoms with E-state index in [4.69, 9.17) is 10.1 Å². The summed E-state index contributed by atoms with van der Waals surface area (Å²) in [5.41, 5.74) is 3.40. The second-order valence-corrected chi connectivity index (χ2v) is 7.62. The standard InChI is InChI=1S/C21H19N5S/c1-2-5-19(6-3-1)26-20(17-9-10-17)23-21(24-26)27-15-16-7-11-18(12-8-16)25-14-4-13-22-25/h1-8,11-14,17H,9-10,15H2. The first-order chi connectivity index (χ1) is 13.4. The zero-order valence-electron chi connectivity index (χ0n) is 14.8. The molecule has 27 heavy (non-hydrogen) atoms. The van der Waals surface area contributed by atoms with Gasteiger partial charge in [-0.25, -0.2) is 14.3 Å². The second-order valence-electron chi connectivity index (χ2n) is 6.68. The third-order valence-electron chi connectivity index (χ3n) is 4.63. The van der Waals surface area contributed by atoms with Crippen LogP contribution in [0.25, 0.3) is 11.4 Å². The first kappa shape index (κ1) is 16.3. The van der Waals surface area contributed by atoms with Gasteiger partial charge in [0.15, 0.2) is 0 Å². The molecule has 2 aromatic heterocycles. The first-order valence-electron chi connectivity index (χ1n) is 9.11. The van der Waals surface area contributed by atoms with Gasteiger partial charge in [0.05, 0.1) is 11.4 Å². The quantitative estimate of drug-likeness (QED) is 0.463. The van der Waals surface area contributed by atoms with Crippen LogP contribution < -0.4 is 0 Å². The van der Waals surface area contributed by atoms with Crippen LogP contribution in [0.4, 0.5) is 0 Å². The molecular formula is C21H19N5S. The monoisotopic (exact) mass is 373 g/mol. The van der Waals surface area contributed by atoms with Gasteiger partial charge in [-0.2, -0.15) is 5.10 Å². The molecule has 6 heteroatoms. The van der Waals surface area contributed by atoms with Gasteiger partial charge in [0, 0.05) is 24.1 Å². The Bertz CT molecular complexity index is 1020. The van der Waals surface area contributed by atoms with E-state index in [1.807, 2.05) is 39.8 Å².